The van der Waals surface area contributed by atoms with Crippen molar-refractivity contribution in [3.8, 4) is 5.88 Å². The lowest BCUT2D eigenvalue weighted by Crippen LogP contribution is -2.03. The van der Waals surface area contributed by atoms with E-state index in [0.717, 1.165) is 16.3 Å². The molecule has 0 spiro atoms. The maximum atomic E-state index is 5.37. The van der Waals surface area contributed by atoms with Crippen molar-refractivity contribution in [2.24, 2.45) is 0 Å². The Kier molecular flexibility index (Phi) is 3.05. The Morgan fingerprint density at radius 3 is 3.10 bits per heavy atom. The minimum atomic E-state index is 0.677. The van der Waals surface area contributed by atoms with E-state index in [4.69, 9.17) is 4.74 Å². The molecule has 4 nitrogen and oxygen atoms in total. The average molecular weight is 315 g/mol. The van der Waals surface area contributed by atoms with E-state index in [1.54, 1.807) is 29.8 Å². The molecule has 0 radical (unpaired) electrons. The molecule has 0 fully saturated rings. The Morgan fingerprint density at radius 1 is 1.24 bits per heavy atom. The fourth-order valence-corrected chi connectivity index (χ4v) is 3.89. The van der Waals surface area contributed by atoms with Gasteiger partial charge >= 0.3 is 0 Å². The van der Waals surface area contributed by atoms with Crippen LogP contribution in [0.15, 0.2) is 41.2 Å². The van der Waals surface area contributed by atoms with E-state index < -0.39 is 0 Å². The Balaban J connectivity index is 1.63. The van der Waals surface area contributed by atoms with Crippen molar-refractivity contribution in [2.45, 2.75) is 6.54 Å². The molecule has 0 bridgehead atoms. The molecule has 0 unspecified atom stereocenters. The quantitative estimate of drug-likeness (QED) is 0.612. The van der Waals surface area contributed by atoms with E-state index in [2.05, 4.69) is 44.3 Å². The van der Waals surface area contributed by atoms with Crippen LogP contribution < -0.4 is 10.1 Å². The summed E-state index contributed by atoms with van der Waals surface area (Å²) >= 11 is 3.37. The number of benzene rings is 1. The van der Waals surface area contributed by atoms with Crippen molar-refractivity contribution in [1.82, 2.24) is 9.38 Å². The Labute approximate surface area is 129 Å². The first-order valence-electron chi connectivity index (χ1n) is 6.55. The number of hydrogen-bond donors (Lipinski definition) is 1. The lowest BCUT2D eigenvalue weighted by molar-refractivity contribution is 0.395. The molecule has 0 saturated carbocycles. The third-order valence-electron chi connectivity index (χ3n) is 3.43. The fourth-order valence-electron chi connectivity index (χ4n) is 2.40. The number of thiazole rings is 1. The largest absolute Gasteiger partial charge is 0.480 e. The van der Waals surface area contributed by atoms with E-state index in [-0.39, 0.29) is 0 Å². The third-order valence-corrected chi connectivity index (χ3v) is 5.08. The van der Waals surface area contributed by atoms with E-state index in [9.17, 15) is 0 Å². The smallest absolute Gasteiger partial charge is 0.238 e. The minimum absolute atomic E-state index is 0.677. The number of thiophene rings is 1. The Hall–Kier alpha value is -2.05. The van der Waals surface area contributed by atoms with Gasteiger partial charge in [0.15, 0.2) is 4.96 Å². The zero-order chi connectivity index (χ0) is 14.2. The van der Waals surface area contributed by atoms with Gasteiger partial charge in [0.25, 0.3) is 0 Å². The predicted octanol–water partition coefficient (Wildman–Crippen LogP) is 4.23. The van der Waals surface area contributed by atoms with E-state index >= 15 is 0 Å². The zero-order valence-electron chi connectivity index (χ0n) is 11.4. The summed E-state index contributed by atoms with van der Waals surface area (Å²) in [7, 11) is 1.66. The molecule has 0 atom stereocenters. The van der Waals surface area contributed by atoms with Crippen LogP contribution in [0.1, 0.15) is 5.69 Å². The molecular weight excluding hydrogens is 302 g/mol. The van der Waals surface area contributed by atoms with Crippen molar-refractivity contribution < 1.29 is 4.74 Å². The van der Waals surface area contributed by atoms with E-state index in [1.807, 2.05) is 11.6 Å². The van der Waals surface area contributed by atoms with Crippen molar-refractivity contribution in [3.63, 3.8) is 0 Å². The number of methoxy groups -OCH3 is 1. The number of anilines is 1. The Morgan fingerprint density at radius 2 is 2.19 bits per heavy atom. The number of fused-ring (bicyclic) bond motifs is 2. The van der Waals surface area contributed by atoms with Gasteiger partial charge in [-0.2, -0.15) is 4.98 Å². The summed E-state index contributed by atoms with van der Waals surface area (Å²) in [6.45, 7) is 0.677. The topological polar surface area (TPSA) is 38.6 Å². The van der Waals surface area contributed by atoms with Gasteiger partial charge in [0.05, 0.1) is 13.7 Å². The summed E-state index contributed by atoms with van der Waals surface area (Å²) in [5, 5.41) is 8.87. The number of ether oxygens (including phenoxy) is 1. The molecule has 1 N–H and O–H groups in total. The summed E-state index contributed by atoms with van der Waals surface area (Å²) in [6.07, 6.45) is 2.02. The normalized spacial score (nSPS) is 11.3. The molecule has 0 amide bonds. The first kappa shape index (κ1) is 12.7. The second-order valence-corrected chi connectivity index (χ2v) is 6.47. The van der Waals surface area contributed by atoms with Crippen LogP contribution in [-0.2, 0) is 6.54 Å². The van der Waals surface area contributed by atoms with Crippen molar-refractivity contribution in [1.29, 1.82) is 0 Å². The average Bonchev–Trinajstić information content (AvgIpc) is 3.19. The van der Waals surface area contributed by atoms with Crippen LogP contribution in [-0.4, -0.2) is 16.5 Å². The molecule has 0 aliphatic heterocycles. The molecule has 0 saturated heterocycles. The molecule has 1 aromatic carbocycles. The molecular formula is C15H13N3OS2. The van der Waals surface area contributed by atoms with Gasteiger partial charge < -0.3 is 10.1 Å². The predicted molar refractivity (Wildman–Crippen MR) is 88.8 cm³/mol. The molecule has 3 aromatic heterocycles. The number of nitrogens with zero attached hydrogens (tertiary/aromatic N) is 2. The van der Waals surface area contributed by atoms with Crippen LogP contribution >= 0.6 is 22.7 Å². The highest BCUT2D eigenvalue weighted by Crippen LogP contribution is 2.26. The first-order chi connectivity index (χ1) is 10.3. The van der Waals surface area contributed by atoms with Crippen molar-refractivity contribution >= 4 is 43.4 Å². The van der Waals surface area contributed by atoms with Crippen LogP contribution in [0.5, 0.6) is 5.88 Å². The summed E-state index contributed by atoms with van der Waals surface area (Å²) < 4.78 is 8.75. The summed E-state index contributed by atoms with van der Waals surface area (Å²) in [5.41, 5.74) is 2.15. The molecule has 0 aliphatic carbocycles. The maximum Gasteiger partial charge on any atom is 0.238 e. The second kappa shape index (κ2) is 5.05. The number of hydrogen-bond acceptors (Lipinski definition) is 5. The second-order valence-electron chi connectivity index (χ2n) is 4.65. The van der Waals surface area contributed by atoms with Crippen molar-refractivity contribution in [2.75, 3.05) is 12.4 Å². The van der Waals surface area contributed by atoms with E-state index in [1.165, 1.54) is 10.1 Å². The monoisotopic (exact) mass is 315 g/mol. The lowest BCUT2D eigenvalue weighted by Gasteiger charge is -2.07. The van der Waals surface area contributed by atoms with Gasteiger partial charge in [-0.15, -0.1) is 22.7 Å². The van der Waals surface area contributed by atoms with Gasteiger partial charge in [-0.1, -0.05) is 0 Å². The minimum Gasteiger partial charge on any atom is -0.480 e. The number of nitrogens with one attached hydrogen (secondary N) is 1. The van der Waals surface area contributed by atoms with Gasteiger partial charge in [-0.3, -0.25) is 4.40 Å². The van der Waals surface area contributed by atoms with Gasteiger partial charge in [0, 0.05) is 22.0 Å². The van der Waals surface area contributed by atoms with Crippen LogP contribution in [0.3, 0.4) is 0 Å². The third kappa shape index (κ3) is 2.16. The summed E-state index contributed by atoms with van der Waals surface area (Å²) in [5.74, 6) is 0.686. The molecule has 3 heterocycles. The van der Waals surface area contributed by atoms with E-state index in [0.29, 0.717) is 12.4 Å². The molecule has 106 valence electrons. The van der Waals surface area contributed by atoms with Crippen LogP contribution in [0.2, 0.25) is 0 Å². The number of imidazole rings is 1. The molecule has 4 rings (SSSR count). The highest BCUT2D eigenvalue weighted by Gasteiger charge is 2.13. The summed E-state index contributed by atoms with van der Waals surface area (Å²) in [6, 6.07) is 8.57. The van der Waals surface area contributed by atoms with Gasteiger partial charge in [0.2, 0.25) is 5.88 Å². The van der Waals surface area contributed by atoms with Crippen molar-refractivity contribution in [3.05, 3.63) is 46.9 Å². The SMILES string of the molecule is COc1nc2sccn2c1CNc1ccc2sccc2c1. The molecule has 4 aromatic rings. The van der Waals surface area contributed by atoms with Gasteiger partial charge in [-0.05, 0) is 35.0 Å². The van der Waals surface area contributed by atoms with Crippen LogP contribution in [0.25, 0.3) is 15.0 Å². The highest BCUT2D eigenvalue weighted by molar-refractivity contribution is 7.17. The Bertz CT molecular complexity index is 906. The molecule has 6 heteroatoms. The van der Waals surface area contributed by atoms with Crippen LogP contribution in [0.4, 0.5) is 5.69 Å². The lowest BCUT2D eigenvalue weighted by atomic mass is 10.2. The highest BCUT2D eigenvalue weighted by atomic mass is 32.1. The molecule has 21 heavy (non-hydrogen) atoms. The van der Waals surface area contributed by atoms with Gasteiger partial charge in [-0.25, -0.2) is 0 Å². The summed E-state index contributed by atoms with van der Waals surface area (Å²) in [4.78, 5) is 5.42. The number of rotatable bonds is 4. The van der Waals surface area contributed by atoms with Gasteiger partial charge in [0.1, 0.15) is 5.69 Å². The molecule has 0 aliphatic rings. The fraction of sp³-hybridized carbons (Fsp3) is 0.133. The maximum absolute atomic E-state index is 5.37. The first-order valence-corrected chi connectivity index (χ1v) is 8.30. The number of aromatic nitrogens is 2. The van der Waals surface area contributed by atoms with Crippen LogP contribution in [0, 0.1) is 0 Å². The standard InChI is InChI=1S/C15H13N3OS2/c1-19-14-12(18-5-7-21-15(18)17-14)9-16-11-2-3-13-10(8-11)4-6-20-13/h2-8,16H,9H2,1H3. The zero-order valence-corrected chi connectivity index (χ0v) is 13.0.